The molecule has 2 aliphatic heterocycles. The number of nitrogens with one attached hydrogen (secondary N) is 1. The van der Waals surface area contributed by atoms with Crippen LogP contribution in [0.4, 0.5) is 5.69 Å². The van der Waals surface area contributed by atoms with Gasteiger partial charge in [-0.1, -0.05) is 92.2 Å². The third-order valence-electron chi connectivity index (χ3n) is 12.6. The van der Waals surface area contributed by atoms with Gasteiger partial charge in [-0.2, -0.15) is 0 Å². The largest absolute Gasteiger partial charge is 0.505 e. The smallest absolute Gasteiger partial charge is 0.312 e. The maximum atomic E-state index is 14.9. The highest BCUT2D eigenvalue weighted by Crippen LogP contribution is 2.49. The molecule has 1 aromatic heterocycles. The molecule has 0 radical (unpaired) electrons. The summed E-state index contributed by atoms with van der Waals surface area (Å²) in [7, 11) is 1.44. The molecule has 0 aliphatic carbocycles. The monoisotopic (exact) mass is 968 g/mol. The van der Waals surface area contributed by atoms with Gasteiger partial charge >= 0.3 is 11.8 Å². The Morgan fingerprint density at radius 3 is 2.35 bits per heavy atom. The first-order valence-corrected chi connectivity index (χ1v) is 22.3. The number of halogens is 1. The second kappa shape index (κ2) is 19.0. The molecule has 16 heteroatoms. The molecule has 5 aromatic rings. The van der Waals surface area contributed by atoms with E-state index in [1.54, 1.807) is 52.0 Å². The highest BCUT2D eigenvalue weighted by Gasteiger charge is 2.49. The van der Waals surface area contributed by atoms with Crippen molar-refractivity contribution >= 4 is 72.2 Å². The fourth-order valence-electron chi connectivity index (χ4n) is 8.69. The van der Waals surface area contributed by atoms with Crippen LogP contribution in [0.5, 0.6) is 17.2 Å². The summed E-state index contributed by atoms with van der Waals surface area (Å²) in [6.07, 6.45) is 3.54. The molecule has 9 atom stereocenters. The molecule has 0 spiro atoms. The van der Waals surface area contributed by atoms with E-state index in [9.17, 15) is 34.5 Å². The first-order chi connectivity index (χ1) is 31.3. The van der Waals surface area contributed by atoms with Gasteiger partial charge in [-0.05, 0) is 37.6 Å². The van der Waals surface area contributed by atoms with E-state index in [4.69, 9.17) is 33.1 Å². The number of phenolic OH excluding ortho intramolecular Hbond substituents is 1. The highest BCUT2D eigenvalue weighted by atomic mass is 79.9. The van der Waals surface area contributed by atoms with Gasteiger partial charge in [0.2, 0.25) is 0 Å². The molecule has 15 nitrogen and oxygen atoms in total. The molecule has 348 valence electrons. The number of phenols is 1. The zero-order valence-electron chi connectivity index (χ0n) is 38.0. The number of aliphatic hydroxyl groups is 2. The number of ketones is 1. The van der Waals surface area contributed by atoms with Gasteiger partial charge in [0.05, 0.1) is 35.5 Å². The predicted molar refractivity (Wildman–Crippen MR) is 250 cm³/mol. The summed E-state index contributed by atoms with van der Waals surface area (Å²) in [5.74, 6) is -7.13. The van der Waals surface area contributed by atoms with Crippen LogP contribution in [-0.4, -0.2) is 75.3 Å². The van der Waals surface area contributed by atoms with Crippen molar-refractivity contribution in [1.29, 1.82) is 0 Å². The number of methoxy groups -OCH3 is 1. The van der Waals surface area contributed by atoms with Crippen molar-refractivity contribution in [2.45, 2.75) is 92.2 Å². The van der Waals surface area contributed by atoms with Crippen LogP contribution in [-0.2, 0) is 30.4 Å². The number of amides is 1. The first kappa shape index (κ1) is 47.9. The average molecular weight is 970 g/mol. The first-order valence-electron chi connectivity index (χ1n) is 21.5. The Morgan fingerprint density at radius 2 is 1.67 bits per heavy atom. The van der Waals surface area contributed by atoms with Gasteiger partial charge < -0.3 is 48.7 Å². The summed E-state index contributed by atoms with van der Waals surface area (Å²) in [4.78, 5) is 60.8. The third kappa shape index (κ3) is 8.94. The fraction of sp³-hybridized carbons (Fsp3) is 0.380. The van der Waals surface area contributed by atoms with Crippen LogP contribution >= 0.6 is 15.9 Å². The van der Waals surface area contributed by atoms with Crippen LogP contribution < -0.4 is 20.2 Å². The normalized spacial score (nSPS) is 28.1. The number of aliphatic hydroxyl groups excluding tert-OH is 2. The van der Waals surface area contributed by atoms with E-state index in [1.807, 2.05) is 30.3 Å². The van der Waals surface area contributed by atoms with Crippen molar-refractivity contribution in [2.75, 3.05) is 12.4 Å². The number of benzene rings is 4. The van der Waals surface area contributed by atoms with Gasteiger partial charge in [0.1, 0.15) is 40.9 Å². The lowest BCUT2D eigenvalue weighted by atomic mass is 9.78. The number of hydrogen-bond acceptors (Lipinski definition) is 14. The molecule has 0 saturated heterocycles. The number of hydrogen-bond donors (Lipinski definition) is 4. The topological polar surface area (TPSA) is 213 Å². The van der Waals surface area contributed by atoms with Gasteiger partial charge in [-0.25, -0.2) is 4.98 Å². The number of ether oxygens (including phenoxy) is 5. The van der Waals surface area contributed by atoms with Gasteiger partial charge in [0.15, 0.2) is 22.3 Å². The van der Waals surface area contributed by atoms with E-state index >= 15 is 0 Å². The fourth-order valence-corrected chi connectivity index (χ4v) is 9.11. The maximum absolute atomic E-state index is 14.9. The van der Waals surface area contributed by atoms with E-state index in [0.29, 0.717) is 4.47 Å². The standard InChI is InChI=1S/C50H53BrN2O13/c1-23-14-13-15-24(2)49(60)53-40-44(58)36-35(39-47(40)65-34-21-31(51)20-33(38(34)52-39)62-22-30-16-11-10-12-17-30)37-46(28(6)43(36)57)66-50(8,48(37)59)63-19-18-32(61-9)25(3)45(64-29(7)54)27(5)42(56)26(4)41(23)55/h10-21,23,25-27,32,41-42,45,55-56,58H,22H2,1-9H3,(H,53,60)/b14-13+,19-18+,24-15-/t23-,25+,26+,27+,32-,41-,42+,45+,50-/m0/s1. The summed E-state index contributed by atoms with van der Waals surface area (Å²) >= 11 is 3.52. The molecule has 4 aromatic carbocycles. The lowest BCUT2D eigenvalue weighted by molar-refractivity contribution is -0.160. The number of carbonyl (C=O) groups excluding carboxylic acids is 3. The number of esters is 1. The molecule has 0 unspecified atom stereocenters. The Labute approximate surface area is 389 Å². The van der Waals surface area contributed by atoms with Crippen LogP contribution in [0.3, 0.4) is 0 Å². The van der Waals surface area contributed by atoms with Gasteiger partial charge in [0, 0.05) is 65.6 Å². The van der Waals surface area contributed by atoms with E-state index in [2.05, 4.69) is 21.2 Å². The molecule has 0 fully saturated rings. The van der Waals surface area contributed by atoms with Crippen molar-refractivity contribution in [3.63, 3.8) is 0 Å². The molecule has 4 bridgehead atoms. The highest BCUT2D eigenvalue weighted by molar-refractivity contribution is 9.10. The predicted octanol–water partition coefficient (Wildman–Crippen LogP) is 8.34. The zero-order chi connectivity index (χ0) is 47.9. The quantitative estimate of drug-likeness (QED) is 0.0564. The van der Waals surface area contributed by atoms with Crippen LogP contribution in [0.2, 0.25) is 0 Å². The van der Waals surface area contributed by atoms with Crippen molar-refractivity contribution < 1.29 is 57.8 Å². The minimum Gasteiger partial charge on any atom is -0.505 e. The van der Waals surface area contributed by atoms with Crippen LogP contribution in [0.1, 0.15) is 70.0 Å². The van der Waals surface area contributed by atoms with Crippen LogP contribution in [0.15, 0.2) is 92.3 Å². The number of Topliss-reactive ketones (excluding diaryl/α,β-unsaturated/α-hetero) is 1. The Morgan fingerprint density at radius 1 is 0.955 bits per heavy atom. The Bertz CT molecular complexity index is 2890. The average Bonchev–Trinajstić information content (AvgIpc) is 3.55. The lowest BCUT2D eigenvalue weighted by Crippen LogP contribution is -2.46. The third-order valence-corrected chi connectivity index (χ3v) is 13.1. The zero-order valence-corrected chi connectivity index (χ0v) is 39.6. The molecule has 7 rings (SSSR count). The van der Waals surface area contributed by atoms with Crippen molar-refractivity contribution in [2.24, 2.45) is 23.7 Å². The molecule has 4 N–H and O–H groups in total. The molecule has 0 saturated carbocycles. The summed E-state index contributed by atoms with van der Waals surface area (Å²) in [5.41, 5.74) is 0.00581. The van der Waals surface area contributed by atoms with E-state index in [0.717, 1.165) is 5.56 Å². The van der Waals surface area contributed by atoms with E-state index in [1.165, 1.54) is 53.2 Å². The number of aromatic hydroxyl groups is 1. The number of aromatic nitrogens is 1. The van der Waals surface area contributed by atoms with Crippen molar-refractivity contribution in [3.05, 3.63) is 110 Å². The van der Waals surface area contributed by atoms with E-state index < -0.39 is 82.7 Å². The van der Waals surface area contributed by atoms with Gasteiger partial charge in [0.25, 0.3) is 11.7 Å². The molecule has 2 aliphatic rings. The van der Waals surface area contributed by atoms with Crippen molar-refractivity contribution in [1.82, 2.24) is 4.98 Å². The summed E-state index contributed by atoms with van der Waals surface area (Å²) < 4.78 is 37.3. The SMILES string of the molecule is CO[C@H]1/C=C/O[C@@]2(C)Oc3c(C)c(=O)c4c(O)c(c5oc6cc(Br)cc(OCc7ccccc7)c6nc5c4c3C2=O)NC(=O)/C(C)=C\C=C\[C@H](C)[C@H](O)[C@@H](C)[C@@H](O)[C@@H](C)[C@H](OC(C)=O)[C@@H]1C. The lowest BCUT2D eigenvalue weighted by Gasteiger charge is -2.38. The summed E-state index contributed by atoms with van der Waals surface area (Å²) in [6, 6.07) is 12.8. The Kier molecular flexibility index (Phi) is 13.8. The Hall–Kier alpha value is -6.07. The molecule has 1 amide bonds. The molecular weight excluding hydrogens is 916 g/mol. The van der Waals surface area contributed by atoms with Crippen LogP contribution in [0.25, 0.3) is 33.0 Å². The number of carbonyl (C=O) groups is 3. The van der Waals surface area contributed by atoms with Gasteiger partial charge in [-0.15, -0.1) is 0 Å². The van der Waals surface area contributed by atoms with Crippen LogP contribution in [0, 0.1) is 30.6 Å². The number of rotatable bonds is 5. The molecule has 66 heavy (non-hydrogen) atoms. The maximum Gasteiger partial charge on any atom is 0.312 e. The minimum absolute atomic E-state index is 0.0277. The number of nitrogens with zero attached hydrogens (tertiary/aromatic N) is 1. The second-order valence-corrected chi connectivity index (χ2v) is 18.2. The second-order valence-electron chi connectivity index (χ2n) is 17.3. The summed E-state index contributed by atoms with van der Waals surface area (Å²) in [6.45, 7) is 12.7. The summed E-state index contributed by atoms with van der Waals surface area (Å²) in [5, 5.41) is 37.5. The molecule has 3 heterocycles. The Balaban J connectivity index is 1.46. The van der Waals surface area contributed by atoms with Gasteiger partial charge in [-0.3, -0.25) is 19.2 Å². The minimum atomic E-state index is -2.08. The van der Waals surface area contributed by atoms with E-state index in [-0.39, 0.29) is 73.5 Å². The number of allylic oxidation sites excluding steroid dienone is 2. The molecular formula is C50H53BrN2O13. The number of anilines is 1. The van der Waals surface area contributed by atoms with Crippen molar-refractivity contribution in [3.8, 4) is 17.2 Å². The number of fused-ring (bicyclic) bond motifs is 2.